The summed E-state index contributed by atoms with van der Waals surface area (Å²) in [5, 5.41) is 10.1. The summed E-state index contributed by atoms with van der Waals surface area (Å²) in [5.74, 6) is 0.979. The normalized spacial score (nSPS) is 19.8. The van der Waals surface area contributed by atoms with E-state index in [-0.39, 0.29) is 11.4 Å². The van der Waals surface area contributed by atoms with E-state index < -0.39 is 0 Å². The molecule has 0 radical (unpaired) electrons. The van der Waals surface area contributed by atoms with Crippen LogP contribution < -0.4 is 4.74 Å². The molecule has 2 aromatic carbocycles. The molecule has 4 heteroatoms. The summed E-state index contributed by atoms with van der Waals surface area (Å²) in [7, 11) is 0. The Morgan fingerprint density at radius 1 is 1.05 bits per heavy atom. The number of nitrogens with zero attached hydrogens (tertiary/aromatic N) is 1. The maximum atomic E-state index is 11.2. The highest BCUT2D eigenvalue weighted by Gasteiger charge is 2.36. The molecule has 0 amide bonds. The summed E-state index contributed by atoms with van der Waals surface area (Å²) in [5.41, 5.74) is 3.43. The van der Waals surface area contributed by atoms with Crippen molar-refractivity contribution >= 4 is 5.97 Å². The summed E-state index contributed by atoms with van der Waals surface area (Å²) >= 11 is 0. The van der Waals surface area contributed by atoms with Crippen LogP contribution in [0, 0.1) is 16.7 Å². The lowest BCUT2D eigenvalue weighted by Gasteiger charge is -2.36. The minimum absolute atomic E-state index is 0.285. The third-order valence-corrected chi connectivity index (χ3v) is 7.91. The molecule has 1 aliphatic rings. The SMILES string of the molecule is C=CC(=O)OCCCCC1(C#N)CCCC(c2ccc(-c3ccc(OC(CCC)CCCC)cc3)cc2)C1. The van der Waals surface area contributed by atoms with E-state index in [1.54, 1.807) is 0 Å². The van der Waals surface area contributed by atoms with Crippen LogP contribution in [0.3, 0.4) is 0 Å². The summed E-state index contributed by atoms with van der Waals surface area (Å²) < 4.78 is 11.4. The van der Waals surface area contributed by atoms with E-state index in [9.17, 15) is 10.1 Å². The largest absolute Gasteiger partial charge is 0.490 e. The smallest absolute Gasteiger partial charge is 0.330 e. The first-order valence-corrected chi connectivity index (χ1v) is 14.6. The Labute approximate surface area is 230 Å². The van der Waals surface area contributed by atoms with Gasteiger partial charge in [0.25, 0.3) is 0 Å². The first-order chi connectivity index (χ1) is 18.5. The fourth-order valence-corrected chi connectivity index (χ4v) is 5.71. The van der Waals surface area contributed by atoms with Gasteiger partial charge in [-0.15, -0.1) is 0 Å². The fourth-order valence-electron chi connectivity index (χ4n) is 5.71. The number of hydrogen-bond donors (Lipinski definition) is 0. The van der Waals surface area contributed by atoms with Crippen LogP contribution >= 0.6 is 0 Å². The molecule has 2 aromatic rings. The first-order valence-electron chi connectivity index (χ1n) is 14.6. The van der Waals surface area contributed by atoms with Crippen LogP contribution in [0.1, 0.15) is 102 Å². The van der Waals surface area contributed by atoms with Crippen LogP contribution in [-0.2, 0) is 9.53 Å². The third kappa shape index (κ3) is 8.76. The molecule has 3 atom stereocenters. The van der Waals surface area contributed by atoms with Crippen LogP contribution in [0.15, 0.2) is 61.2 Å². The summed E-state index contributed by atoms with van der Waals surface area (Å²) in [6, 6.07) is 20.1. The number of hydrogen-bond acceptors (Lipinski definition) is 4. The molecule has 38 heavy (non-hydrogen) atoms. The predicted molar refractivity (Wildman–Crippen MR) is 155 cm³/mol. The second-order valence-electron chi connectivity index (χ2n) is 10.8. The van der Waals surface area contributed by atoms with E-state index in [4.69, 9.17) is 9.47 Å². The second kappa shape index (κ2) is 15.4. The number of nitriles is 1. The van der Waals surface area contributed by atoms with Crippen LogP contribution in [0.4, 0.5) is 0 Å². The van der Waals surface area contributed by atoms with Gasteiger partial charge in [-0.25, -0.2) is 4.79 Å². The van der Waals surface area contributed by atoms with Crippen molar-refractivity contribution in [2.45, 2.75) is 103 Å². The summed E-state index contributed by atoms with van der Waals surface area (Å²) in [4.78, 5) is 11.2. The first kappa shape index (κ1) is 29.5. The molecular weight excluding hydrogens is 470 g/mol. The van der Waals surface area contributed by atoms with Crippen molar-refractivity contribution in [3.63, 3.8) is 0 Å². The Bertz CT molecular complexity index is 1040. The van der Waals surface area contributed by atoms with Gasteiger partial charge in [0.05, 0.1) is 24.2 Å². The maximum Gasteiger partial charge on any atom is 0.330 e. The monoisotopic (exact) mass is 515 g/mol. The Kier molecular flexibility index (Phi) is 11.9. The average molecular weight is 516 g/mol. The van der Waals surface area contributed by atoms with Gasteiger partial charge in [-0.3, -0.25) is 0 Å². The predicted octanol–water partition coefficient (Wildman–Crippen LogP) is 9.16. The lowest BCUT2D eigenvalue weighted by Crippen LogP contribution is -2.26. The lowest BCUT2D eigenvalue weighted by molar-refractivity contribution is -0.137. The van der Waals surface area contributed by atoms with Gasteiger partial charge >= 0.3 is 5.97 Å². The molecule has 0 spiro atoms. The highest BCUT2D eigenvalue weighted by atomic mass is 16.5. The van der Waals surface area contributed by atoms with E-state index in [0.717, 1.165) is 70.0 Å². The van der Waals surface area contributed by atoms with Crippen molar-refractivity contribution in [1.82, 2.24) is 0 Å². The lowest BCUT2D eigenvalue weighted by atomic mass is 9.66. The average Bonchev–Trinajstić information content (AvgIpc) is 2.96. The molecule has 0 aliphatic heterocycles. The molecule has 1 fully saturated rings. The van der Waals surface area contributed by atoms with E-state index in [1.807, 2.05) is 0 Å². The molecule has 0 N–H and O–H groups in total. The van der Waals surface area contributed by atoms with Crippen molar-refractivity contribution in [3.8, 4) is 22.9 Å². The minimum atomic E-state index is -0.381. The van der Waals surface area contributed by atoms with E-state index in [2.05, 4.69) is 75.0 Å². The molecule has 3 unspecified atom stereocenters. The van der Waals surface area contributed by atoms with Crippen molar-refractivity contribution in [2.24, 2.45) is 5.41 Å². The Morgan fingerprint density at radius 3 is 2.39 bits per heavy atom. The topological polar surface area (TPSA) is 59.3 Å². The van der Waals surface area contributed by atoms with Gasteiger partial charge in [-0.1, -0.05) is 82.5 Å². The molecule has 3 rings (SSSR count). The third-order valence-electron chi connectivity index (χ3n) is 7.91. The molecule has 0 heterocycles. The van der Waals surface area contributed by atoms with Gasteiger partial charge in [-0.2, -0.15) is 5.26 Å². The molecule has 0 bridgehead atoms. The molecule has 0 aromatic heterocycles. The number of rotatable bonds is 15. The van der Waals surface area contributed by atoms with Crippen molar-refractivity contribution < 1.29 is 14.3 Å². The highest BCUT2D eigenvalue weighted by Crippen LogP contribution is 2.46. The number of benzene rings is 2. The second-order valence-corrected chi connectivity index (χ2v) is 10.8. The fraction of sp³-hybridized carbons (Fsp3) is 0.529. The highest BCUT2D eigenvalue weighted by molar-refractivity contribution is 5.81. The van der Waals surface area contributed by atoms with Gasteiger partial charge in [0, 0.05) is 6.08 Å². The number of carbonyl (C=O) groups is 1. The Hall–Kier alpha value is -3.06. The van der Waals surface area contributed by atoms with Crippen LogP contribution in [0.5, 0.6) is 5.75 Å². The van der Waals surface area contributed by atoms with Crippen molar-refractivity contribution in [2.75, 3.05) is 6.61 Å². The van der Waals surface area contributed by atoms with Gasteiger partial charge in [0.1, 0.15) is 5.75 Å². The quantitative estimate of drug-likeness (QED) is 0.135. The number of unbranched alkanes of at least 4 members (excludes halogenated alkanes) is 2. The van der Waals surface area contributed by atoms with Gasteiger partial charge < -0.3 is 9.47 Å². The Balaban J connectivity index is 1.57. The Morgan fingerprint density at radius 2 is 1.76 bits per heavy atom. The molecule has 1 aliphatic carbocycles. The molecule has 204 valence electrons. The zero-order valence-corrected chi connectivity index (χ0v) is 23.4. The zero-order chi connectivity index (χ0) is 27.2. The molecular formula is C34H45NO3. The van der Waals surface area contributed by atoms with Crippen LogP contribution in [0.2, 0.25) is 0 Å². The minimum Gasteiger partial charge on any atom is -0.490 e. The van der Waals surface area contributed by atoms with Crippen molar-refractivity contribution in [3.05, 3.63) is 66.7 Å². The van der Waals surface area contributed by atoms with Crippen LogP contribution in [0.25, 0.3) is 11.1 Å². The number of esters is 1. The number of ether oxygens (including phenoxy) is 2. The van der Waals surface area contributed by atoms with E-state index in [0.29, 0.717) is 18.6 Å². The molecule has 0 saturated heterocycles. The molecule has 4 nitrogen and oxygen atoms in total. The molecule has 1 saturated carbocycles. The van der Waals surface area contributed by atoms with Gasteiger partial charge in [-0.05, 0) is 86.1 Å². The summed E-state index contributed by atoms with van der Waals surface area (Å²) in [6.45, 7) is 8.26. The van der Waals surface area contributed by atoms with Gasteiger partial charge in [0.2, 0.25) is 0 Å². The number of carbonyl (C=O) groups excluding carboxylic acids is 1. The van der Waals surface area contributed by atoms with Gasteiger partial charge in [0.15, 0.2) is 0 Å². The van der Waals surface area contributed by atoms with E-state index in [1.165, 1.54) is 35.6 Å². The van der Waals surface area contributed by atoms with Crippen molar-refractivity contribution in [1.29, 1.82) is 5.26 Å². The zero-order valence-electron chi connectivity index (χ0n) is 23.4. The van der Waals surface area contributed by atoms with E-state index >= 15 is 0 Å². The summed E-state index contributed by atoms with van der Waals surface area (Å²) in [6.07, 6.45) is 13.8. The maximum absolute atomic E-state index is 11.2. The van der Waals surface area contributed by atoms with Crippen LogP contribution in [-0.4, -0.2) is 18.7 Å². The standard InChI is InChI=1S/C34H45NO3/c1-4-7-13-31(11-5-2)38-32-20-18-28(19-21-32)27-14-16-29(17-15-27)30-12-10-23-34(25-30,26-35)22-8-9-24-37-33(36)6-3/h6,14-21,30-31H,3-5,7-13,22-25H2,1-2H3.